The number of unbranched alkanes of at least 4 members (excludes halogenated alkanes) is 2. The van der Waals surface area contributed by atoms with Crippen LogP contribution in [0.3, 0.4) is 0 Å². The lowest BCUT2D eigenvalue weighted by molar-refractivity contribution is 0.697. The highest BCUT2D eigenvalue weighted by molar-refractivity contribution is 5.89. The molecule has 3 heteroatoms. The highest BCUT2D eigenvalue weighted by Gasteiger charge is 2.08. The fraction of sp³-hybridized carbons (Fsp3) is 0.278. The summed E-state index contributed by atoms with van der Waals surface area (Å²) in [5, 5.41) is 5.48. The Bertz CT molecular complexity index is 793. The van der Waals surface area contributed by atoms with Gasteiger partial charge in [0.1, 0.15) is 0 Å². The van der Waals surface area contributed by atoms with E-state index in [1.807, 2.05) is 24.3 Å². The summed E-state index contributed by atoms with van der Waals surface area (Å²) in [7, 11) is 0. The van der Waals surface area contributed by atoms with Crippen molar-refractivity contribution in [2.45, 2.75) is 32.6 Å². The number of aromatic nitrogens is 2. The van der Waals surface area contributed by atoms with Crippen molar-refractivity contribution < 1.29 is 0 Å². The van der Waals surface area contributed by atoms with Crippen molar-refractivity contribution in [2.75, 3.05) is 0 Å². The predicted molar refractivity (Wildman–Crippen MR) is 87.1 cm³/mol. The van der Waals surface area contributed by atoms with Crippen LogP contribution in [-0.4, -0.2) is 9.78 Å². The molecule has 0 bridgehead atoms. The first kappa shape index (κ1) is 13.7. The Labute approximate surface area is 124 Å². The molecule has 1 aromatic heterocycles. The van der Waals surface area contributed by atoms with Gasteiger partial charge in [0.15, 0.2) is 0 Å². The van der Waals surface area contributed by atoms with E-state index in [9.17, 15) is 4.79 Å². The molecular formula is C18H20N2O. The molecule has 0 saturated carbocycles. The van der Waals surface area contributed by atoms with Crippen LogP contribution >= 0.6 is 0 Å². The minimum Gasteiger partial charge on any atom is -0.295 e. The number of aromatic amines is 1. The number of hydrogen-bond acceptors (Lipinski definition) is 1. The van der Waals surface area contributed by atoms with Crippen LogP contribution < -0.4 is 5.56 Å². The molecule has 2 aromatic carbocycles. The molecule has 1 heterocycles. The molecule has 3 nitrogen and oxygen atoms in total. The molecule has 21 heavy (non-hydrogen) atoms. The van der Waals surface area contributed by atoms with Gasteiger partial charge in [0.05, 0.1) is 5.69 Å². The standard InChI is InChI=1S/C18H20N2O/c1-2-3-4-10-15-13-18(21)20(19-15)17-12-7-9-14-8-5-6-11-16(14)17/h5-9,11-13,19H,2-4,10H2,1H3. The molecule has 0 spiro atoms. The molecule has 0 aliphatic rings. The molecule has 0 unspecified atom stereocenters. The third kappa shape index (κ3) is 2.77. The van der Waals surface area contributed by atoms with Gasteiger partial charge in [0.25, 0.3) is 5.56 Å². The molecule has 0 radical (unpaired) electrons. The first-order chi connectivity index (χ1) is 10.3. The molecule has 3 aromatic rings. The quantitative estimate of drug-likeness (QED) is 0.703. The van der Waals surface area contributed by atoms with Gasteiger partial charge in [0.2, 0.25) is 0 Å². The van der Waals surface area contributed by atoms with Crippen LogP contribution in [0.15, 0.2) is 53.3 Å². The third-order valence-electron chi connectivity index (χ3n) is 3.83. The Morgan fingerprint density at radius 2 is 1.86 bits per heavy atom. The number of nitrogens with one attached hydrogen (secondary N) is 1. The minimum absolute atomic E-state index is 0.0119. The van der Waals surface area contributed by atoms with Gasteiger partial charge in [-0.2, -0.15) is 0 Å². The van der Waals surface area contributed by atoms with Gasteiger partial charge in [0, 0.05) is 17.1 Å². The van der Waals surface area contributed by atoms with Gasteiger partial charge in [-0.05, 0) is 24.3 Å². The lowest BCUT2D eigenvalue weighted by atomic mass is 10.1. The highest BCUT2D eigenvalue weighted by Crippen LogP contribution is 2.20. The molecule has 0 amide bonds. The maximum atomic E-state index is 12.2. The van der Waals surface area contributed by atoms with Crippen molar-refractivity contribution >= 4 is 10.8 Å². The topological polar surface area (TPSA) is 37.8 Å². The van der Waals surface area contributed by atoms with E-state index in [0.29, 0.717) is 0 Å². The van der Waals surface area contributed by atoms with E-state index >= 15 is 0 Å². The maximum absolute atomic E-state index is 12.2. The molecule has 0 aliphatic heterocycles. The lowest BCUT2D eigenvalue weighted by Gasteiger charge is -2.07. The minimum atomic E-state index is 0.0119. The normalized spacial score (nSPS) is 11.1. The maximum Gasteiger partial charge on any atom is 0.271 e. The van der Waals surface area contributed by atoms with Crippen LogP contribution in [0.5, 0.6) is 0 Å². The number of aryl methyl sites for hydroxylation is 1. The predicted octanol–water partition coefficient (Wildman–Crippen LogP) is 4.05. The summed E-state index contributed by atoms with van der Waals surface area (Å²) in [6.07, 6.45) is 4.43. The third-order valence-corrected chi connectivity index (χ3v) is 3.83. The van der Waals surface area contributed by atoms with Crippen LogP contribution in [0.4, 0.5) is 0 Å². The first-order valence-electron chi connectivity index (χ1n) is 7.58. The molecule has 1 N–H and O–H groups in total. The number of rotatable bonds is 5. The lowest BCUT2D eigenvalue weighted by Crippen LogP contribution is -2.13. The Balaban J connectivity index is 2.01. The second-order valence-electron chi connectivity index (χ2n) is 5.41. The summed E-state index contributed by atoms with van der Waals surface area (Å²) in [5.41, 5.74) is 1.94. The molecule has 108 valence electrons. The van der Waals surface area contributed by atoms with Crippen LogP contribution in [0.2, 0.25) is 0 Å². The molecule has 0 aliphatic carbocycles. The molecule has 3 rings (SSSR count). The van der Waals surface area contributed by atoms with Gasteiger partial charge < -0.3 is 0 Å². The molecule has 0 saturated heterocycles. The number of H-pyrrole nitrogens is 1. The second-order valence-corrected chi connectivity index (χ2v) is 5.41. The average molecular weight is 280 g/mol. The number of hydrogen-bond donors (Lipinski definition) is 1. The van der Waals surface area contributed by atoms with Crippen LogP contribution in [-0.2, 0) is 6.42 Å². The van der Waals surface area contributed by atoms with E-state index in [1.54, 1.807) is 10.7 Å². The average Bonchev–Trinajstić information content (AvgIpc) is 2.88. The summed E-state index contributed by atoms with van der Waals surface area (Å²) in [5.74, 6) is 0. The first-order valence-corrected chi connectivity index (χ1v) is 7.58. The Morgan fingerprint density at radius 3 is 2.71 bits per heavy atom. The van der Waals surface area contributed by atoms with E-state index in [1.165, 1.54) is 12.8 Å². The summed E-state index contributed by atoms with van der Waals surface area (Å²) in [4.78, 5) is 12.2. The van der Waals surface area contributed by atoms with Crippen molar-refractivity contribution in [3.05, 3.63) is 64.6 Å². The van der Waals surface area contributed by atoms with Gasteiger partial charge in [-0.3, -0.25) is 9.89 Å². The molecule has 0 fully saturated rings. The van der Waals surface area contributed by atoms with Gasteiger partial charge in [-0.15, -0.1) is 0 Å². The summed E-state index contributed by atoms with van der Waals surface area (Å²) >= 11 is 0. The number of benzene rings is 2. The monoisotopic (exact) mass is 280 g/mol. The van der Waals surface area contributed by atoms with Gasteiger partial charge in [-0.25, -0.2) is 4.68 Å². The van der Waals surface area contributed by atoms with E-state index in [0.717, 1.165) is 35.0 Å². The van der Waals surface area contributed by atoms with Crippen LogP contribution in [0.25, 0.3) is 16.5 Å². The van der Waals surface area contributed by atoms with Crippen LogP contribution in [0.1, 0.15) is 31.9 Å². The Hall–Kier alpha value is -2.29. The summed E-state index contributed by atoms with van der Waals surface area (Å²) in [6.45, 7) is 2.18. The van der Waals surface area contributed by atoms with E-state index in [2.05, 4.69) is 30.2 Å². The summed E-state index contributed by atoms with van der Waals surface area (Å²) < 4.78 is 1.66. The van der Waals surface area contributed by atoms with Crippen molar-refractivity contribution in [1.29, 1.82) is 0 Å². The Morgan fingerprint density at radius 1 is 1.05 bits per heavy atom. The zero-order chi connectivity index (χ0) is 14.7. The van der Waals surface area contributed by atoms with Crippen LogP contribution in [0, 0.1) is 0 Å². The van der Waals surface area contributed by atoms with Crippen molar-refractivity contribution in [3.63, 3.8) is 0 Å². The second kappa shape index (κ2) is 6.00. The number of nitrogens with zero attached hydrogens (tertiary/aromatic N) is 1. The zero-order valence-corrected chi connectivity index (χ0v) is 12.3. The highest BCUT2D eigenvalue weighted by atomic mass is 16.1. The largest absolute Gasteiger partial charge is 0.295 e. The van der Waals surface area contributed by atoms with Crippen molar-refractivity contribution in [3.8, 4) is 5.69 Å². The molecule has 0 atom stereocenters. The van der Waals surface area contributed by atoms with Crippen molar-refractivity contribution in [1.82, 2.24) is 9.78 Å². The fourth-order valence-electron chi connectivity index (χ4n) is 2.72. The SMILES string of the molecule is CCCCCc1cc(=O)n(-c2cccc3ccccc23)[nH]1. The van der Waals surface area contributed by atoms with Crippen molar-refractivity contribution in [2.24, 2.45) is 0 Å². The van der Waals surface area contributed by atoms with E-state index in [4.69, 9.17) is 0 Å². The summed E-state index contributed by atoms with van der Waals surface area (Å²) in [6, 6.07) is 15.9. The van der Waals surface area contributed by atoms with Gasteiger partial charge >= 0.3 is 0 Å². The smallest absolute Gasteiger partial charge is 0.271 e. The van der Waals surface area contributed by atoms with E-state index < -0.39 is 0 Å². The zero-order valence-electron chi connectivity index (χ0n) is 12.3. The number of fused-ring (bicyclic) bond motifs is 1. The van der Waals surface area contributed by atoms with E-state index in [-0.39, 0.29) is 5.56 Å². The van der Waals surface area contributed by atoms with Gasteiger partial charge in [-0.1, -0.05) is 56.2 Å². The molecular weight excluding hydrogens is 260 g/mol. The Kier molecular flexibility index (Phi) is 3.91. The fourth-order valence-corrected chi connectivity index (χ4v) is 2.72.